The number of rotatable bonds is 3. The Morgan fingerprint density at radius 1 is 1.23 bits per heavy atom. The molecule has 26 heavy (non-hydrogen) atoms. The van der Waals surface area contributed by atoms with Crippen molar-refractivity contribution in [2.75, 3.05) is 17.4 Å². The van der Waals surface area contributed by atoms with Gasteiger partial charge in [0.05, 0.1) is 10.6 Å². The number of benzene rings is 2. The van der Waals surface area contributed by atoms with E-state index in [1.54, 1.807) is 23.1 Å². The smallest absolute Gasteiger partial charge is 0.265 e. The van der Waals surface area contributed by atoms with Crippen LogP contribution < -0.4 is 10.0 Å². The van der Waals surface area contributed by atoms with Crippen LogP contribution >= 0.6 is 0 Å². The number of nitrogens with zero attached hydrogens (tertiary/aromatic N) is 2. The Balaban J connectivity index is 1.69. The Hall–Kier alpha value is -2.12. The molecule has 0 aromatic heterocycles. The van der Waals surface area contributed by atoms with E-state index in [9.17, 15) is 13.2 Å². The van der Waals surface area contributed by atoms with E-state index >= 15 is 0 Å². The number of piperidine rings is 1. The summed E-state index contributed by atoms with van der Waals surface area (Å²) in [4.78, 5) is 15.0. The molecule has 6 nitrogen and oxygen atoms in total. The zero-order valence-corrected chi connectivity index (χ0v) is 15.6. The quantitative estimate of drug-likeness (QED) is 0.893. The van der Waals surface area contributed by atoms with Crippen molar-refractivity contribution >= 4 is 32.4 Å². The summed E-state index contributed by atoms with van der Waals surface area (Å²) in [6.45, 7) is 2.36. The molecule has 0 aliphatic carbocycles. The molecule has 138 valence electrons. The van der Waals surface area contributed by atoms with Crippen LogP contribution in [0.1, 0.15) is 26.2 Å². The van der Waals surface area contributed by atoms with E-state index in [1.807, 2.05) is 25.1 Å². The fraction of sp³-hybridized carbons (Fsp3) is 0.421. The van der Waals surface area contributed by atoms with E-state index in [2.05, 4.69) is 0 Å². The maximum atomic E-state index is 13.0. The van der Waals surface area contributed by atoms with Crippen LogP contribution in [0.3, 0.4) is 0 Å². The van der Waals surface area contributed by atoms with Crippen molar-refractivity contribution in [2.45, 2.75) is 43.2 Å². The molecule has 2 unspecified atom stereocenters. The summed E-state index contributed by atoms with van der Waals surface area (Å²) in [5.41, 5.74) is 6.65. The van der Waals surface area contributed by atoms with Crippen molar-refractivity contribution < 1.29 is 13.2 Å². The highest BCUT2D eigenvalue weighted by Gasteiger charge is 2.38. The Labute approximate surface area is 153 Å². The summed E-state index contributed by atoms with van der Waals surface area (Å²) in [6, 6.07) is 10.6. The van der Waals surface area contributed by atoms with Gasteiger partial charge < -0.3 is 10.6 Å². The maximum Gasteiger partial charge on any atom is 0.265 e. The van der Waals surface area contributed by atoms with Crippen LogP contribution in [0.2, 0.25) is 0 Å². The standard InChI is InChI=1S/C19H23N3O3S/c1-13(20)15-8-2-3-11-21(15)18(23)12-22-16-9-4-6-14-7-5-10-17(19(14)16)26(22,24)25/h4-7,9-10,13,15H,2-3,8,11-12,20H2,1H3. The fourth-order valence-corrected chi connectivity index (χ4v) is 5.82. The first-order valence-corrected chi connectivity index (χ1v) is 10.4. The second kappa shape index (κ2) is 6.25. The molecule has 2 aromatic rings. The first-order valence-electron chi connectivity index (χ1n) is 9.01. The molecule has 2 atom stereocenters. The highest BCUT2D eigenvalue weighted by atomic mass is 32.2. The van der Waals surface area contributed by atoms with Gasteiger partial charge in [-0.25, -0.2) is 8.42 Å². The topological polar surface area (TPSA) is 83.7 Å². The lowest BCUT2D eigenvalue weighted by Gasteiger charge is -2.38. The number of amides is 1. The molecule has 0 spiro atoms. The Morgan fingerprint density at radius 3 is 2.69 bits per heavy atom. The van der Waals surface area contributed by atoms with Crippen LogP contribution in [0, 0.1) is 0 Å². The van der Waals surface area contributed by atoms with E-state index < -0.39 is 10.0 Å². The average molecular weight is 373 g/mol. The molecule has 2 heterocycles. The van der Waals surface area contributed by atoms with Gasteiger partial charge in [0.1, 0.15) is 6.54 Å². The summed E-state index contributed by atoms with van der Waals surface area (Å²) in [6.07, 6.45) is 2.84. The average Bonchev–Trinajstić information content (AvgIpc) is 2.85. The van der Waals surface area contributed by atoms with Gasteiger partial charge >= 0.3 is 0 Å². The number of carbonyl (C=O) groups is 1. The number of anilines is 1. The summed E-state index contributed by atoms with van der Waals surface area (Å²) in [5, 5.41) is 1.56. The van der Waals surface area contributed by atoms with E-state index in [-0.39, 0.29) is 29.4 Å². The Morgan fingerprint density at radius 2 is 1.96 bits per heavy atom. The Bertz CT molecular complexity index is 966. The highest BCUT2D eigenvalue weighted by molar-refractivity contribution is 7.93. The summed E-state index contributed by atoms with van der Waals surface area (Å²) >= 11 is 0. The molecule has 2 aliphatic heterocycles. The van der Waals surface area contributed by atoms with Crippen molar-refractivity contribution in [1.82, 2.24) is 4.90 Å². The first-order chi connectivity index (χ1) is 12.4. The molecular formula is C19H23N3O3S. The number of hydrogen-bond donors (Lipinski definition) is 1. The second-order valence-corrected chi connectivity index (χ2v) is 8.98. The van der Waals surface area contributed by atoms with Crippen molar-refractivity contribution in [3.8, 4) is 0 Å². The predicted molar refractivity (Wildman–Crippen MR) is 101 cm³/mol. The summed E-state index contributed by atoms with van der Waals surface area (Å²) in [5.74, 6) is -0.180. The molecule has 2 N–H and O–H groups in total. The molecule has 2 aliphatic rings. The van der Waals surface area contributed by atoms with Crippen LogP contribution in [0.4, 0.5) is 5.69 Å². The van der Waals surface area contributed by atoms with Gasteiger partial charge in [-0.2, -0.15) is 0 Å². The second-order valence-electron chi connectivity index (χ2n) is 7.15. The summed E-state index contributed by atoms with van der Waals surface area (Å²) in [7, 11) is -3.72. The van der Waals surface area contributed by atoms with E-state index in [0.29, 0.717) is 17.6 Å². The van der Waals surface area contributed by atoms with Crippen molar-refractivity contribution in [1.29, 1.82) is 0 Å². The minimum Gasteiger partial charge on any atom is -0.337 e. The molecule has 0 saturated carbocycles. The van der Waals surface area contributed by atoms with Crippen molar-refractivity contribution in [3.05, 3.63) is 36.4 Å². The predicted octanol–water partition coefficient (Wildman–Crippen LogP) is 2.08. The number of hydrogen-bond acceptors (Lipinski definition) is 4. The normalized spacial score (nSPS) is 22.6. The lowest BCUT2D eigenvalue weighted by atomic mass is 9.97. The number of carbonyl (C=O) groups excluding carboxylic acids is 1. The minimum atomic E-state index is -3.72. The lowest BCUT2D eigenvalue weighted by Crippen LogP contribution is -2.54. The van der Waals surface area contributed by atoms with Gasteiger partial charge in [0, 0.05) is 24.0 Å². The third-order valence-corrected chi connectivity index (χ3v) is 7.24. The van der Waals surface area contributed by atoms with Gasteiger partial charge in [-0.05, 0) is 43.7 Å². The molecule has 1 saturated heterocycles. The van der Waals surface area contributed by atoms with Gasteiger partial charge in [-0.1, -0.05) is 24.3 Å². The lowest BCUT2D eigenvalue weighted by molar-refractivity contribution is -0.133. The molecule has 4 rings (SSSR count). The monoisotopic (exact) mass is 373 g/mol. The van der Waals surface area contributed by atoms with Crippen LogP contribution in [0.5, 0.6) is 0 Å². The van der Waals surface area contributed by atoms with E-state index in [0.717, 1.165) is 24.6 Å². The molecule has 7 heteroatoms. The van der Waals surface area contributed by atoms with Gasteiger partial charge in [0.2, 0.25) is 5.91 Å². The van der Waals surface area contributed by atoms with Gasteiger partial charge in [-0.15, -0.1) is 0 Å². The third kappa shape index (κ3) is 2.57. The highest BCUT2D eigenvalue weighted by Crippen LogP contribution is 2.41. The van der Waals surface area contributed by atoms with Crippen LogP contribution in [0.15, 0.2) is 41.3 Å². The van der Waals surface area contributed by atoms with Crippen molar-refractivity contribution in [3.63, 3.8) is 0 Å². The van der Waals surface area contributed by atoms with E-state index in [1.165, 1.54) is 4.31 Å². The number of sulfonamides is 1. The van der Waals surface area contributed by atoms with Crippen LogP contribution in [-0.2, 0) is 14.8 Å². The summed E-state index contributed by atoms with van der Waals surface area (Å²) < 4.78 is 27.3. The molecular weight excluding hydrogens is 350 g/mol. The van der Waals surface area contributed by atoms with Crippen LogP contribution in [-0.4, -0.2) is 44.4 Å². The number of nitrogens with two attached hydrogens (primary N) is 1. The maximum absolute atomic E-state index is 13.0. The Kier molecular flexibility index (Phi) is 4.16. The molecule has 2 aromatic carbocycles. The van der Waals surface area contributed by atoms with Gasteiger partial charge in [0.25, 0.3) is 10.0 Å². The molecule has 0 radical (unpaired) electrons. The van der Waals surface area contributed by atoms with Crippen molar-refractivity contribution in [2.24, 2.45) is 5.73 Å². The van der Waals surface area contributed by atoms with E-state index in [4.69, 9.17) is 5.73 Å². The molecule has 1 amide bonds. The fourth-order valence-electron chi connectivity index (χ4n) is 4.16. The zero-order chi connectivity index (χ0) is 18.5. The SMILES string of the molecule is CC(N)C1CCCCN1C(=O)CN1c2cccc3cccc(c23)S1(=O)=O. The number of likely N-dealkylation sites (tertiary alicyclic amines) is 1. The van der Waals surface area contributed by atoms with Crippen LogP contribution in [0.25, 0.3) is 10.8 Å². The zero-order valence-electron chi connectivity index (χ0n) is 14.8. The first kappa shape index (κ1) is 17.3. The largest absolute Gasteiger partial charge is 0.337 e. The molecule has 0 bridgehead atoms. The minimum absolute atomic E-state index is 0.0280. The van der Waals surface area contributed by atoms with Gasteiger partial charge in [0.15, 0.2) is 0 Å². The molecule has 1 fully saturated rings. The van der Waals surface area contributed by atoms with Gasteiger partial charge in [-0.3, -0.25) is 9.10 Å². The third-order valence-electron chi connectivity index (χ3n) is 5.44.